The second-order valence-electron chi connectivity index (χ2n) is 6.40. The van der Waals surface area contributed by atoms with E-state index < -0.39 is 0 Å². The smallest absolute Gasteiger partial charge is 0.172 e. The molecule has 7 heteroatoms. The van der Waals surface area contributed by atoms with Crippen LogP contribution in [0.1, 0.15) is 51.8 Å². The molecule has 0 N–H and O–H groups in total. The van der Waals surface area contributed by atoms with Crippen LogP contribution in [0.25, 0.3) is 5.82 Å². The minimum atomic E-state index is 0.460. The van der Waals surface area contributed by atoms with Crippen LogP contribution in [-0.2, 0) is 6.54 Å². The summed E-state index contributed by atoms with van der Waals surface area (Å²) in [5, 5.41) is 12.8. The Bertz CT molecular complexity index is 618. The monoisotopic (exact) mass is 334 g/mol. The summed E-state index contributed by atoms with van der Waals surface area (Å²) in [5.74, 6) is 1.51. The fourth-order valence-corrected chi connectivity index (χ4v) is 3.40. The molecule has 0 spiro atoms. The summed E-state index contributed by atoms with van der Waals surface area (Å²) in [6, 6.07) is 4.72. The van der Waals surface area contributed by atoms with E-state index in [1.165, 1.54) is 32.1 Å². The summed E-state index contributed by atoms with van der Waals surface area (Å²) in [6.45, 7) is 5.21. The molecule has 6 nitrogen and oxygen atoms in total. The number of hydrogen-bond donors (Lipinski definition) is 0. The Morgan fingerprint density at radius 1 is 1.26 bits per heavy atom. The van der Waals surface area contributed by atoms with Gasteiger partial charge >= 0.3 is 0 Å². The molecule has 1 saturated carbocycles. The summed E-state index contributed by atoms with van der Waals surface area (Å²) in [6.07, 6.45) is 8.13. The van der Waals surface area contributed by atoms with E-state index in [0.29, 0.717) is 22.9 Å². The van der Waals surface area contributed by atoms with Gasteiger partial charge in [-0.1, -0.05) is 30.9 Å². The zero-order valence-corrected chi connectivity index (χ0v) is 14.4. The lowest BCUT2D eigenvalue weighted by Gasteiger charge is -2.36. The van der Waals surface area contributed by atoms with E-state index in [1.807, 2.05) is 6.07 Å². The van der Waals surface area contributed by atoms with E-state index in [4.69, 9.17) is 11.6 Å². The highest BCUT2D eigenvalue weighted by atomic mass is 35.5. The van der Waals surface area contributed by atoms with Crippen LogP contribution in [0, 0.1) is 0 Å². The molecule has 0 saturated heterocycles. The number of halogens is 1. The first-order chi connectivity index (χ1) is 11.1. The van der Waals surface area contributed by atoms with Gasteiger partial charge in [-0.25, -0.2) is 4.98 Å². The summed E-state index contributed by atoms with van der Waals surface area (Å²) >= 11 is 5.91. The van der Waals surface area contributed by atoms with E-state index in [2.05, 4.69) is 39.3 Å². The van der Waals surface area contributed by atoms with Gasteiger partial charge in [-0.3, -0.25) is 4.90 Å². The number of aromatic nitrogens is 5. The van der Waals surface area contributed by atoms with Crippen molar-refractivity contribution in [2.75, 3.05) is 0 Å². The maximum Gasteiger partial charge on any atom is 0.172 e. The molecule has 0 radical (unpaired) electrons. The Hall–Kier alpha value is -1.53. The maximum absolute atomic E-state index is 5.91. The fourth-order valence-electron chi connectivity index (χ4n) is 3.28. The molecule has 23 heavy (non-hydrogen) atoms. The first kappa shape index (κ1) is 16.3. The van der Waals surface area contributed by atoms with Crippen LogP contribution in [0.15, 0.2) is 18.3 Å². The lowest BCUT2D eigenvalue weighted by Crippen LogP contribution is -2.41. The third-order valence-electron chi connectivity index (χ3n) is 4.49. The van der Waals surface area contributed by atoms with Gasteiger partial charge in [-0.2, -0.15) is 4.68 Å². The maximum atomic E-state index is 5.91. The highest BCUT2D eigenvalue weighted by Gasteiger charge is 2.25. The third kappa shape index (κ3) is 3.87. The number of tetrazole rings is 1. The van der Waals surface area contributed by atoms with Gasteiger partial charge in [0.15, 0.2) is 11.6 Å². The molecule has 0 unspecified atom stereocenters. The molecular weight excluding hydrogens is 312 g/mol. The van der Waals surface area contributed by atoms with Crippen LogP contribution < -0.4 is 0 Å². The normalized spacial score (nSPS) is 16.4. The lowest BCUT2D eigenvalue weighted by molar-refractivity contribution is 0.108. The van der Waals surface area contributed by atoms with Crippen LogP contribution in [0.4, 0.5) is 0 Å². The van der Waals surface area contributed by atoms with Crippen molar-refractivity contribution in [2.45, 2.75) is 64.6 Å². The van der Waals surface area contributed by atoms with E-state index in [9.17, 15) is 0 Å². The lowest BCUT2D eigenvalue weighted by atomic mass is 9.93. The van der Waals surface area contributed by atoms with Crippen molar-refractivity contribution in [1.29, 1.82) is 0 Å². The Balaban J connectivity index is 1.81. The van der Waals surface area contributed by atoms with Crippen molar-refractivity contribution in [1.82, 2.24) is 30.1 Å². The summed E-state index contributed by atoms with van der Waals surface area (Å²) < 4.78 is 1.70. The second kappa shape index (κ2) is 7.36. The SMILES string of the molecule is CC(C)N(Cc1nnnn1-c1ccc(Cl)cn1)C1CCCCC1. The topological polar surface area (TPSA) is 59.7 Å². The summed E-state index contributed by atoms with van der Waals surface area (Å²) in [5.41, 5.74) is 0. The third-order valence-corrected chi connectivity index (χ3v) is 4.72. The molecular formula is C16H23ClN6. The quantitative estimate of drug-likeness (QED) is 0.840. The Morgan fingerprint density at radius 2 is 2.04 bits per heavy atom. The van der Waals surface area contributed by atoms with Gasteiger partial charge in [0.1, 0.15) is 0 Å². The first-order valence-corrected chi connectivity index (χ1v) is 8.68. The van der Waals surface area contributed by atoms with Crippen molar-refractivity contribution >= 4 is 11.6 Å². The fraction of sp³-hybridized carbons (Fsp3) is 0.625. The number of pyridine rings is 1. The van der Waals surface area contributed by atoms with Crippen LogP contribution >= 0.6 is 11.6 Å². The second-order valence-corrected chi connectivity index (χ2v) is 6.84. The van der Waals surface area contributed by atoms with Gasteiger partial charge in [-0.15, -0.1) is 5.10 Å². The van der Waals surface area contributed by atoms with Crippen molar-refractivity contribution in [3.05, 3.63) is 29.2 Å². The largest absolute Gasteiger partial charge is 0.290 e. The highest BCUT2D eigenvalue weighted by Crippen LogP contribution is 2.25. The molecule has 1 aliphatic rings. The van der Waals surface area contributed by atoms with E-state index in [0.717, 1.165) is 12.4 Å². The van der Waals surface area contributed by atoms with Crippen molar-refractivity contribution in [2.24, 2.45) is 0 Å². The molecule has 2 aromatic heterocycles. The number of rotatable bonds is 5. The Morgan fingerprint density at radius 3 is 2.70 bits per heavy atom. The zero-order valence-electron chi connectivity index (χ0n) is 13.7. The van der Waals surface area contributed by atoms with Gasteiger partial charge in [-0.05, 0) is 49.2 Å². The van der Waals surface area contributed by atoms with Crippen molar-refractivity contribution < 1.29 is 0 Å². The molecule has 0 amide bonds. The average Bonchev–Trinajstić information content (AvgIpc) is 3.02. The van der Waals surface area contributed by atoms with Gasteiger partial charge in [0.25, 0.3) is 0 Å². The Labute approximate surface area is 141 Å². The van der Waals surface area contributed by atoms with E-state index in [1.54, 1.807) is 16.9 Å². The molecule has 124 valence electrons. The molecule has 2 aromatic rings. The van der Waals surface area contributed by atoms with Crippen molar-refractivity contribution in [3.63, 3.8) is 0 Å². The standard InChI is InChI=1S/C16H23ClN6/c1-12(2)22(14-6-4-3-5-7-14)11-16-19-20-21-23(16)15-9-8-13(17)10-18-15/h8-10,12,14H,3-7,11H2,1-2H3. The summed E-state index contributed by atoms with van der Waals surface area (Å²) in [7, 11) is 0. The summed E-state index contributed by atoms with van der Waals surface area (Å²) in [4.78, 5) is 6.83. The molecule has 0 aromatic carbocycles. The van der Waals surface area contributed by atoms with Crippen LogP contribution in [0.5, 0.6) is 0 Å². The average molecular weight is 335 g/mol. The predicted octanol–water partition coefficient (Wildman–Crippen LogP) is 3.25. The van der Waals surface area contributed by atoms with Gasteiger partial charge in [0.2, 0.25) is 0 Å². The van der Waals surface area contributed by atoms with Crippen molar-refractivity contribution in [3.8, 4) is 5.82 Å². The zero-order chi connectivity index (χ0) is 16.2. The van der Waals surface area contributed by atoms with Gasteiger partial charge in [0, 0.05) is 18.3 Å². The van der Waals surface area contributed by atoms with Crippen LogP contribution in [0.2, 0.25) is 5.02 Å². The Kier molecular flexibility index (Phi) is 5.23. The highest BCUT2D eigenvalue weighted by molar-refractivity contribution is 6.30. The van der Waals surface area contributed by atoms with Gasteiger partial charge in [0.05, 0.1) is 11.6 Å². The molecule has 1 aliphatic carbocycles. The molecule has 1 fully saturated rings. The van der Waals surface area contributed by atoms with E-state index in [-0.39, 0.29) is 0 Å². The molecule has 2 heterocycles. The minimum Gasteiger partial charge on any atom is -0.290 e. The van der Waals surface area contributed by atoms with E-state index >= 15 is 0 Å². The molecule has 0 bridgehead atoms. The van der Waals surface area contributed by atoms with Crippen LogP contribution in [0.3, 0.4) is 0 Å². The van der Waals surface area contributed by atoms with Gasteiger partial charge < -0.3 is 0 Å². The predicted molar refractivity (Wildman–Crippen MR) is 89.5 cm³/mol. The number of nitrogens with zero attached hydrogens (tertiary/aromatic N) is 6. The first-order valence-electron chi connectivity index (χ1n) is 8.30. The molecule has 0 aliphatic heterocycles. The van der Waals surface area contributed by atoms with Crippen LogP contribution in [-0.4, -0.2) is 42.2 Å². The minimum absolute atomic E-state index is 0.460. The number of hydrogen-bond acceptors (Lipinski definition) is 5. The molecule has 0 atom stereocenters. The molecule has 3 rings (SSSR count).